The predicted octanol–water partition coefficient (Wildman–Crippen LogP) is 2.68. The second kappa shape index (κ2) is 7.47. The summed E-state index contributed by atoms with van der Waals surface area (Å²) in [4.78, 5) is 8.45. The average Bonchev–Trinajstić information content (AvgIpc) is 3.03. The molecule has 2 N–H and O–H groups in total. The molecule has 1 aliphatic rings. The van der Waals surface area contributed by atoms with Gasteiger partial charge in [-0.05, 0) is 49.3 Å². The number of guanidine groups is 1. The third-order valence-corrected chi connectivity index (χ3v) is 4.43. The summed E-state index contributed by atoms with van der Waals surface area (Å²) in [6.07, 6.45) is 5.02. The molecule has 128 valence electrons. The highest BCUT2D eigenvalue weighted by Gasteiger charge is 2.13. The van der Waals surface area contributed by atoms with Crippen LogP contribution in [0.5, 0.6) is 0 Å². The van der Waals surface area contributed by atoms with E-state index >= 15 is 0 Å². The van der Waals surface area contributed by atoms with Crippen molar-refractivity contribution >= 4 is 5.96 Å². The van der Waals surface area contributed by atoms with Crippen molar-refractivity contribution in [3.8, 4) is 0 Å². The SMILES string of the molecule is CN=C(NCc1noc(C)n1)NC(C)c1ccc2c(c1)CCCC2. The topological polar surface area (TPSA) is 75.3 Å². The lowest BCUT2D eigenvalue weighted by molar-refractivity contribution is 0.386. The summed E-state index contributed by atoms with van der Waals surface area (Å²) < 4.78 is 4.97. The fraction of sp³-hybridized carbons (Fsp3) is 0.500. The minimum Gasteiger partial charge on any atom is -0.350 e. The molecule has 2 aromatic rings. The van der Waals surface area contributed by atoms with Crippen LogP contribution in [-0.4, -0.2) is 23.1 Å². The van der Waals surface area contributed by atoms with Gasteiger partial charge in [0.15, 0.2) is 11.8 Å². The molecule has 1 heterocycles. The predicted molar refractivity (Wildman–Crippen MR) is 93.9 cm³/mol. The summed E-state index contributed by atoms with van der Waals surface area (Å²) in [5.74, 6) is 1.91. The largest absolute Gasteiger partial charge is 0.350 e. The molecule has 0 spiro atoms. The minimum atomic E-state index is 0.176. The molecule has 24 heavy (non-hydrogen) atoms. The average molecular weight is 327 g/mol. The molecule has 3 rings (SSSR count). The van der Waals surface area contributed by atoms with Crippen molar-refractivity contribution in [3.63, 3.8) is 0 Å². The second-order valence-corrected chi connectivity index (χ2v) is 6.26. The molecule has 1 unspecified atom stereocenters. The van der Waals surface area contributed by atoms with Crippen molar-refractivity contribution in [2.24, 2.45) is 4.99 Å². The summed E-state index contributed by atoms with van der Waals surface area (Å²) in [5, 5.41) is 10.5. The molecule has 0 radical (unpaired) electrons. The van der Waals surface area contributed by atoms with Gasteiger partial charge in [0.25, 0.3) is 0 Å². The van der Waals surface area contributed by atoms with E-state index in [4.69, 9.17) is 4.52 Å². The second-order valence-electron chi connectivity index (χ2n) is 6.26. The maximum atomic E-state index is 4.97. The highest BCUT2D eigenvalue weighted by molar-refractivity contribution is 5.80. The van der Waals surface area contributed by atoms with Crippen LogP contribution < -0.4 is 10.6 Å². The van der Waals surface area contributed by atoms with Crippen LogP contribution in [0.4, 0.5) is 0 Å². The summed E-state index contributed by atoms with van der Waals surface area (Å²) in [6.45, 7) is 4.41. The minimum absolute atomic E-state index is 0.176. The molecule has 0 saturated carbocycles. The van der Waals surface area contributed by atoms with Gasteiger partial charge in [-0.15, -0.1) is 0 Å². The summed E-state index contributed by atoms with van der Waals surface area (Å²) in [7, 11) is 1.76. The van der Waals surface area contributed by atoms with E-state index in [1.165, 1.54) is 42.4 Å². The van der Waals surface area contributed by atoms with Gasteiger partial charge in [0, 0.05) is 14.0 Å². The lowest BCUT2D eigenvalue weighted by Gasteiger charge is -2.21. The lowest BCUT2D eigenvalue weighted by atomic mass is 9.89. The van der Waals surface area contributed by atoms with Gasteiger partial charge < -0.3 is 15.2 Å². The molecule has 0 fully saturated rings. The van der Waals surface area contributed by atoms with E-state index in [9.17, 15) is 0 Å². The van der Waals surface area contributed by atoms with E-state index < -0.39 is 0 Å². The number of benzene rings is 1. The van der Waals surface area contributed by atoms with Crippen molar-refractivity contribution in [1.29, 1.82) is 0 Å². The fourth-order valence-corrected chi connectivity index (χ4v) is 3.08. The van der Waals surface area contributed by atoms with Gasteiger partial charge in [-0.3, -0.25) is 4.99 Å². The van der Waals surface area contributed by atoms with E-state index in [0.29, 0.717) is 18.3 Å². The quantitative estimate of drug-likeness (QED) is 0.667. The molecule has 1 aliphatic carbocycles. The van der Waals surface area contributed by atoms with Crippen LogP contribution in [-0.2, 0) is 19.4 Å². The van der Waals surface area contributed by atoms with Crippen molar-refractivity contribution in [3.05, 3.63) is 46.6 Å². The third-order valence-electron chi connectivity index (χ3n) is 4.43. The van der Waals surface area contributed by atoms with Gasteiger partial charge >= 0.3 is 0 Å². The summed E-state index contributed by atoms with van der Waals surface area (Å²) >= 11 is 0. The standard InChI is InChI=1S/C18H25N5O/c1-12(15-9-8-14-6-4-5-7-16(14)10-15)21-18(19-3)20-11-17-22-13(2)24-23-17/h8-10,12H,4-7,11H2,1-3H3,(H2,19,20,21). The Morgan fingerprint density at radius 3 is 2.79 bits per heavy atom. The summed E-state index contributed by atoms with van der Waals surface area (Å²) in [6, 6.07) is 7.01. The Morgan fingerprint density at radius 2 is 2.08 bits per heavy atom. The number of nitrogens with zero attached hydrogens (tertiary/aromatic N) is 3. The highest BCUT2D eigenvalue weighted by atomic mass is 16.5. The first-order valence-corrected chi connectivity index (χ1v) is 8.54. The number of aryl methyl sites for hydroxylation is 3. The summed E-state index contributed by atoms with van der Waals surface area (Å²) in [5.41, 5.74) is 4.29. The van der Waals surface area contributed by atoms with Gasteiger partial charge in [-0.25, -0.2) is 0 Å². The van der Waals surface area contributed by atoms with Gasteiger partial charge in [0.05, 0.1) is 12.6 Å². The molecule has 1 atom stereocenters. The number of rotatable bonds is 4. The van der Waals surface area contributed by atoms with Crippen LogP contribution in [0.1, 0.15) is 54.2 Å². The molecule has 1 aromatic heterocycles. The third kappa shape index (κ3) is 3.93. The molecular weight excluding hydrogens is 302 g/mol. The molecule has 1 aromatic carbocycles. The van der Waals surface area contributed by atoms with Crippen LogP contribution in [0.3, 0.4) is 0 Å². The number of fused-ring (bicyclic) bond motifs is 1. The molecule has 6 nitrogen and oxygen atoms in total. The maximum absolute atomic E-state index is 4.97. The van der Waals surface area contributed by atoms with E-state index in [2.05, 4.69) is 50.9 Å². The Labute approximate surface area is 142 Å². The van der Waals surface area contributed by atoms with Crippen LogP contribution >= 0.6 is 0 Å². The Bertz CT molecular complexity index is 722. The van der Waals surface area contributed by atoms with Crippen LogP contribution in [0, 0.1) is 6.92 Å². The highest BCUT2D eigenvalue weighted by Crippen LogP contribution is 2.24. The van der Waals surface area contributed by atoms with Crippen molar-refractivity contribution in [1.82, 2.24) is 20.8 Å². The van der Waals surface area contributed by atoms with Crippen molar-refractivity contribution < 1.29 is 4.52 Å². The molecule has 0 amide bonds. The van der Waals surface area contributed by atoms with Crippen molar-refractivity contribution in [2.75, 3.05) is 7.05 Å². The monoisotopic (exact) mass is 327 g/mol. The Hall–Kier alpha value is -2.37. The first-order valence-electron chi connectivity index (χ1n) is 8.54. The number of aromatic nitrogens is 2. The van der Waals surface area contributed by atoms with Crippen LogP contribution in [0.2, 0.25) is 0 Å². The number of hydrogen-bond acceptors (Lipinski definition) is 4. The number of nitrogens with one attached hydrogen (secondary N) is 2. The van der Waals surface area contributed by atoms with Gasteiger partial charge in [0.1, 0.15) is 0 Å². The molecule has 0 saturated heterocycles. The van der Waals surface area contributed by atoms with Crippen molar-refractivity contribution in [2.45, 2.75) is 52.1 Å². The smallest absolute Gasteiger partial charge is 0.223 e. The molecule has 0 aliphatic heterocycles. The van der Waals surface area contributed by atoms with E-state index in [1.807, 2.05) is 0 Å². The number of hydrogen-bond donors (Lipinski definition) is 2. The first kappa shape index (κ1) is 16.5. The molecular formula is C18H25N5O. The Kier molecular flexibility index (Phi) is 5.13. The van der Waals surface area contributed by atoms with Gasteiger partial charge in [0.2, 0.25) is 5.89 Å². The zero-order valence-corrected chi connectivity index (χ0v) is 14.6. The van der Waals surface area contributed by atoms with Crippen LogP contribution in [0.15, 0.2) is 27.7 Å². The maximum Gasteiger partial charge on any atom is 0.223 e. The van der Waals surface area contributed by atoms with E-state index in [-0.39, 0.29) is 6.04 Å². The van der Waals surface area contributed by atoms with Crippen LogP contribution in [0.25, 0.3) is 0 Å². The fourth-order valence-electron chi connectivity index (χ4n) is 3.08. The van der Waals surface area contributed by atoms with Gasteiger partial charge in [-0.2, -0.15) is 4.98 Å². The van der Waals surface area contributed by atoms with Gasteiger partial charge in [-0.1, -0.05) is 23.4 Å². The van der Waals surface area contributed by atoms with E-state index in [0.717, 1.165) is 5.96 Å². The first-order chi connectivity index (χ1) is 11.7. The van der Waals surface area contributed by atoms with E-state index in [1.54, 1.807) is 14.0 Å². The zero-order chi connectivity index (χ0) is 16.9. The number of aliphatic imine (C=N–C) groups is 1. The zero-order valence-electron chi connectivity index (χ0n) is 14.6. The molecule has 6 heteroatoms. The Morgan fingerprint density at radius 1 is 1.29 bits per heavy atom. The molecule has 0 bridgehead atoms. The Balaban J connectivity index is 1.60. The lowest BCUT2D eigenvalue weighted by Crippen LogP contribution is -2.38. The normalized spacial score (nSPS) is 15.7.